The lowest BCUT2D eigenvalue weighted by Crippen LogP contribution is -2.11. The summed E-state index contributed by atoms with van der Waals surface area (Å²) in [6, 6.07) is 3.09. The zero-order valence-corrected chi connectivity index (χ0v) is 9.02. The molecule has 0 aliphatic carbocycles. The predicted octanol–water partition coefficient (Wildman–Crippen LogP) is 1.30. The summed E-state index contributed by atoms with van der Waals surface area (Å²) in [5.74, 6) is -0.623. The molecule has 2 N–H and O–H groups in total. The van der Waals surface area contributed by atoms with Gasteiger partial charge in [-0.1, -0.05) is 6.07 Å². The average molecular weight is 275 g/mol. The van der Waals surface area contributed by atoms with E-state index in [2.05, 4.69) is 15.9 Å². The SMILES string of the molecule is O=C(O)C(O)c1ccc(Br)c2c1OCO2. The van der Waals surface area contributed by atoms with Gasteiger partial charge in [0.15, 0.2) is 17.6 Å². The molecule has 1 aliphatic rings. The van der Waals surface area contributed by atoms with Crippen LogP contribution in [-0.2, 0) is 4.79 Å². The quantitative estimate of drug-likeness (QED) is 0.850. The van der Waals surface area contributed by atoms with Crippen molar-refractivity contribution in [3.63, 3.8) is 0 Å². The highest BCUT2D eigenvalue weighted by Gasteiger charge is 2.27. The first-order valence-electron chi connectivity index (χ1n) is 4.10. The lowest BCUT2D eigenvalue weighted by Gasteiger charge is -2.09. The molecule has 1 atom stereocenters. The zero-order valence-electron chi connectivity index (χ0n) is 7.44. The van der Waals surface area contributed by atoms with Gasteiger partial charge in [0, 0.05) is 5.56 Å². The summed E-state index contributed by atoms with van der Waals surface area (Å²) in [4.78, 5) is 10.6. The number of aliphatic carboxylic acids is 1. The minimum absolute atomic E-state index is 0.0251. The van der Waals surface area contributed by atoms with Crippen LogP contribution in [0.25, 0.3) is 0 Å². The predicted molar refractivity (Wildman–Crippen MR) is 52.9 cm³/mol. The average Bonchev–Trinajstić information content (AvgIpc) is 2.66. The van der Waals surface area contributed by atoms with E-state index in [0.717, 1.165) is 0 Å². The summed E-state index contributed by atoms with van der Waals surface area (Å²) >= 11 is 3.23. The third-order valence-corrected chi connectivity index (χ3v) is 2.65. The third kappa shape index (κ3) is 1.66. The number of carboxylic acid groups (broad SMARTS) is 1. The van der Waals surface area contributed by atoms with E-state index >= 15 is 0 Å². The maximum atomic E-state index is 10.6. The second-order valence-electron chi connectivity index (χ2n) is 2.94. The molecule has 0 bridgehead atoms. The van der Waals surface area contributed by atoms with Crippen LogP contribution < -0.4 is 9.47 Å². The molecule has 1 aliphatic heterocycles. The van der Waals surface area contributed by atoms with Gasteiger partial charge in [0.1, 0.15) is 0 Å². The fraction of sp³-hybridized carbons (Fsp3) is 0.222. The van der Waals surface area contributed by atoms with Gasteiger partial charge in [0.05, 0.1) is 4.47 Å². The van der Waals surface area contributed by atoms with Crippen molar-refractivity contribution in [2.24, 2.45) is 0 Å². The molecule has 0 fully saturated rings. The van der Waals surface area contributed by atoms with Crippen molar-refractivity contribution in [3.05, 3.63) is 22.2 Å². The number of fused-ring (bicyclic) bond motifs is 1. The Bertz CT molecular complexity index is 417. The highest BCUT2D eigenvalue weighted by atomic mass is 79.9. The molecule has 6 heteroatoms. The molecule has 5 nitrogen and oxygen atoms in total. The van der Waals surface area contributed by atoms with E-state index in [1.807, 2.05) is 0 Å². The van der Waals surface area contributed by atoms with E-state index < -0.39 is 12.1 Å². The molecule has 0 radical (unpaired) electrons. The van der Waals surface area contributed by atoms with Gasteiger partial charge in [-0.2, -0.15) is 0 Å². The van der Waals surface area contributed by atoms with E-state index in [9.17, 15) is 9.90 Å². The highest BCUT2D eigenvalue weighted by molar-refractivity contribution is 9.10. The van der Waals surface area contributed by atoms with E-state index in [1.54, 1.807) is 6.07 Å². The molecule has 0 amide bonds. The number of aliphatic hydroxyl groups excluding tert-OH is 1. The van der Waals surface area contributed by atoms with Gasteiger partial charge >= 0.3 is 5.97 Å². The smallest absolute Gasteiger partial charge is 0.337 e. The molecule has 1 unspecified atom stereocenters. The molecular formula is C9H7BrO5. The lowest BCUT2D eigenvalue weighted by molar-refractivity contribution is -0.147. The topological polar surface area (TPSA) is 76.0 Å². The maximum Gasteiger partial charge on any atom is 0.337 e. The zero-order chi connectivity index (χ0) is 11.0. The van der Waals surface area contributed by atoms with E-state index in [-0.39, 0.29) is 18.1 Å². The van der Waals surface area contributed by atoms with Crippen molar-refractivity contribution in [1.82, 2.24) is 0 Å². The number of hydrogen-bond acceptors (Lipinski definition) is 4. The molecule has 80 valence electrons. The van der Waals surface area contributed by atoms with Crippen LogP contribution in [0.3, 0.4) is 0 Å². The maximum absolute atomic E-state index is 10.6. The summed E-state index contributed by atoms with van der Waals surface area (Å²) < 4.78 is 10.9. The Balaban J connectivity index is 2.50. The summed E-state index contributed by atoms with van der Waals surface area (Å²) in [5.41, 5.74) is 0.193. The first kappa shape index (κ1) is 10.3. The normalized spacial score (nSPS) is 15.1. The molecule has 1 heterocycles. The number of benzene rings is 1. The number of carbonyl (C=O) groups is 1. The number of halogens is 1. The summed E-state index contributed by atoms with van der Waals surface area (Å²) in [7, 11) is 0. The van der Waals surface area contributed by atoms with Crippen LogP contribution in [0.15, 0.2) is 16.6 Å². The molecule has 0 saturated heterocycles. The minimum Gasteiger partial charge on any atom is -0.479 e. The van der Waals surface area contributed by atoms with Crippen LogP contribution in [0.1, 0.15) is 11.7 Å². The van der Waals surface area contributed by atoms with Crippen molar-refractivity contribution >= 4 is 21.9 Å². The van der Waals surface area contributed by atoms with Crippen LogP contribution >= 0.6 is 15.9 Å². The van der Waals surface area contributed by atoms with Gasteiger partial charge in [0.2, 0.25) is 6.79 Å². The summed E-state index contributed by atoms with van der Waals surface area (Å²) in [5, 5.41) is 18.1. The second-order valence-corrected chi connectivity index (χ2v) is 3.80. The Labute approximate surface area is 93.4 Å². The Hall–Kier alpha value is -1.27. The van der Waals surface area contributed by atoms with E-state index in [0.29, 0.717) is 10.2 Å². The number of ether oxygens (including phenoxy) is 2. The first-order valence-corrected chi connectivity index (χ1v) is 4.89. The number of hydrogen-bond donors (Lipinski definition) is 2. The van der Waals surface area contributed by atoms with Crippen molar-refractivity contribution < 1.29 is 24.5 Å². The number of rotatable bonds is 2. The second kappa shape index (κ2) is 3.71. The van der Waals surface area contributed by atoms with Gasteiger partial charge in [-0.05, 0) is 22.0 Å². The van der Waals surface area contributed by atoms with Gasteiger partial charge in [-0.3, -0.25) is 0 Å². The fourth-order valence-corrected chi connectivity index (χ4v) is 1.76. The van der Waals surface area contributed by atoms with Crippen LogP contribution in [0.4, 0.5) is 0 Å². The van der Waals surface area contributed by atoms with Crippen molar-refractivity contribution in [2.75, 3.05) is 6.79 Å². The van der Waals surface area contributed by atoms with Gasteiger partial charge < -0.3 is 19.7 Å². The lowest BCUT2D eigenvalue weighted by atomic mass is 10.1. The van der Waals surface area contributed by atoms with Crippen LogP contribution in [0, 0.1) is 0 Å². The van der Waals surface area contributed by atoms with Crippen LogP contribution in [-0.4, -0.2) is 23.0 Å². The molecule has 2 rings (SSSR count). The van der Waals surface area contributed by atoms with Crippen LogP contribution in [0.5, 0.6) is 11.5 Å². The highest BCUT2D eigenvalue weighted by Crippen LogP contribution is 2.43. The number of carboxylic acids is 1. The van der Waals surface area contributed by atoms with E-state index in [4.69, 9.17) is 14.6 Å². The molecule has 15 heavy (non-hydrogen) atoms. The molecule has 0 aromatic heterocycles. The Kier molecular flexibility index (Phi) is 2.54. The molecule has 1 aromatic rings. The molecular weight excluding hydrogens is 268 g/mol. The van der Waals surface area contributed by atoms with Crippen molar-refractivity contribution in [1.29, 1.82) is 0 Å². The fourth-order valence-electron chi connectivity index (χ4n) is 1.33. The van der Waals surface area contributed by atoms with E-state index in [1.165, 1.54) is 6.07 Å². The monoisotopic (exact) mass is 274 g/mol. The van der Waals surface area contributed by atoms with Crippen molar-refractivity contribution in [2.45, 2.75) is 6.10 Å². The van der Waals surface area contributed by atoms with Gasteiger partial charge in [-0.15, -0.1) is 0 Å². The Morgan fingerprint density at radius 2 is 2.07 bits per heavy atom. The van der Waals surface area contributed by atoms with Crippen LogP contribution in [0.2, 0.25) is 0 Å². The molecule has 0 saturated carbocycles. The van der Waals surface area contributed by atoms with Gasteiger partial charge in [0.25, 0.3) is 0 Å². The first-order chi connectivity index (χ1) is 7.11. The minimum atomic E-state index is -1.60. The summed E-state index contributed by atoms with van der Waals surface area (Å²) in [6.45, 7) is 0.0251. The molecule has 0 spiro atoms. The largest absolute Gasteiger partial charge is 0.479 e. The number of aliphatic hydroxyl groups is 1. The Morgan fingerprint density at radius 1 is 1.40 bits per heavy atom. The third-order valence-electron chi connectivity index (χ3n) is 2.03. The van der Waals surface area contributed by atoms with Gasteiger partial charge in [-0.25, -0.2) is 4.79 Å². The standard InChI is InChI=1S/C9H7BrO5/c10-5-2-1-4(6(11)9(12)13)7-8(5)15-3-14-7/h1-2,6,11H,3H2,(H,12,13). The van der Waals surface area contributed by atoms with Crippen molar-refractivity contribution in [3.8, 4) is 11.5 Å². The molecule has 1 aromatic carbocycles. The Morgan fingerprint density at radius 3 is 2.73 bits per heavy atom. The summed E-state index contributed by atoms with van der Waals surface area (Å²) in [6.07, 6.45) is -1.60.